The molecule has 0 aliphatic heterocycles. The number of nitriles is 1. The minimum atomic E-state index is -0.670. The van der Waals surface area contributed by atoms with Crippen molar-refractivity contribution < 1.29 is 14.3 Å². The summed E-state index contributed by atoms with van der Waals surface area (Å²) in [6.45, 7) is 0. The number of phenols is 1. The van der Waals surface area contributed by atoms with Gasteiger partial charge in [-0.25, -0.2) is 4.39 Å². The second-order valence-corrected chi connectivity index (χ2v) is 4.30. The first-order valence-electron chi connectivity index (χ1n) is 6.32. The van der Waals surface area contributed by atoms with E-state index in [-0.39, 0.29) is 17.0 Å². The summed E-state index contributed by atoms with van der Waals surface area (Å²) in [7, 11) is 0. The van der Waals surface area contributed by atoms with Gasteiger partial charge in [0.25, 0.3) is 5.91 Å². The molecule has 0 bridgehead atoms. The number of amides is 1. The SMILES string of the molecule is N#C/C(=C/Nc1ccccc1F)C(=O)Nc1cccc(O)c1. The van der Waals surface area contributed by atoms with Gasteiger partial charge in [0.05, 0.1) is 5.69 Å². The third-order valence-corrected chi connectivity index (χ3v) is 2.71. The summed E-state index contributed by atoms with van der Waals surface area (Å²) in [5.41, 5.74) is 0.268. The maximum Gasteiger partial charge on any atom is 0.267 e. The van der Waals surface area contributed by atoms with Gasteiger partial charge in [-0.1, -0.05) is 18.2 Å². The summed E-state index contributed by atoms with van der Waals surface area (Å²) in [4.78, 5) is 11.9. The van der Waals surface area contributed by atoms with Crippen LogP contribution in [-0.2, 0) is 4.79 Å². The molecule has 1 amide bonds. The van der Waals surface area contributed by atoms with Gasteiger partial charge in [-0.15, -0.1) is 0 Å². The van der Waals surface area contributed by atoms with E-state index in [1.54, 1.807) is 24.3 Å². The van der Waals surface area contributed by atoms with E-state index in [4.69, 9.17) is 5.26 Å². The molecule has 0 spiro atoms. The summed E-state index contributed by atoms with van der Waals surface area (Å²) in [6.07, 6.45) is 1.12. The van der Waals surface area contributed by atoms with Crippen LogP contribution < -0.4 is 10.6 Å². The monoisotopic (exact) mass is 297 g/mol. The number of nitrogens with one attached hydrogen (secondary N) is 2. The highest BCUT2D eigenvalue weighted by Crippen LogP contribution is 2.16. The number of para-hydroxylation sites is 1. The number of rotatable bonds is 4. The Morgan fingerprint density at radius 2 is 2.00 bits per heavy atom. The van der Waals surface area contributed by atoms with E-state index < -0.39 is 11.7 Å². The predicted molar refractivity (Wildman–Crippen MR) is 80.5 cm³/mol. The van der Waals surface area contributed by atoms with E-state index in [1.165, 1.54) is 30.3 Å². The second kappa shape index (κ2) is 6.90. The number of carbonyl (C=O) groups excluding carboxylic acids is 1. The Kier molecular flexibility index (Phi) is 4.73. The molecule has 0 saturated carbocycles. The van der Waals surface area contributed by atoms with Crippen LogP contribution in [0.1, 0.15) is 0 Å². The molecule has 2 aromatic rings. The van der Waals surface area contributed by atoms with Crippen molar-refractivity contribution in [1.82, 2.24) is 0 Å². The minimum absolute atomic E-state index is 0.00947. The Morgan fingerprint density at radius 1 is 1.23 bits per heavy atom. The van der Waals surface area contributed by atoms with Gasteiger partial charge in [0.2, 0.25) is 0 Å². The maximum absolute atomic E-state index is 13.4. The standard InChI is InChI=1S/C16H12FN3O2/c17-14-6-1-2-7-15(14)19-10-11(9-18)16(22)20-12-4-3-5-13(21)8-12/h1-8,10,19,21H,(H,20,22)/b11-10-. The lowest BCUT2D eigenvalue weighted by atomic mass is 10.2. The first-order chi connectivity index (χ1) is 10.6. The van der Waals surface area contributed by atoms with Crippen molar-refractivity contribution in [2.24, 2.45) is 0 Å². The lowest BCUT2D eigenvalue weighted by molar-refractivity contribution is -0.112. The molecule has 0 atom stereocenters. The zero-order valence-electron chi connectivity index (χ0n) is 11.4. The number of halogens is 1. The molecule has 2 rings (SSSR count). The van der Waals surface area contributed by atoms with Gasteiger partial charge in [-0.2, -0.15) is 5.26 Å². The molecule has 6 heteroatoms. The molecule has 0 aliphatic carbocycles. The van der Waals surface area contributed by atoms with Crippen molar-refractivity contribution in [2.45, 2.75) is 0 Å². The number of aromatic hydroxyl groups is 1. The van der Waals surface area contributed by atoms with Crippen LogP contribution in [0.3, 0.4) is 0 Å². The van der Waals surface area contributed by atoms with E-state index in [0.29, 0.717) is 5.69 Å². The van der Waals surface area contributed by atoms with E-state index in [0.717, 1.165) is 6.20 Å². The molecule has 0 unspecified atom stereocenters. The number of benzene rings is 2. The van der Waals surface area contributed by atoms with Gasteiger partial charge in [0, 0.05) is 18.0 Å². The van der Waals surface area contributed by atoms with E-state index in [2.05, 4.69) is 10.6 Å². The van der Waals surface area contributed by atoms with Crippen LogP contribution in [0.25, 0.3) is 0 Å². The lowest BCUT2D eigenvalue weighted by Gasteiger charge is -2.06. The van der Waals surface area contributed by atoms with Crippen LogP contribution >= 0.6 is 0 Å². The molecular formula is C16H12FN3O2. The zero-order valence-corrected chi connectivity index (χ0v) is 11.4. The number of hydrogen-bond donors (Lipinski definition) is 3. The van der Waals surface area contributed by atoms with Gasteiger partial charge in [-0.05, 0) is 24.3 Å². The Hall–Kier alpha value is -3.33. The molecule has 0 saturated heterocycles. The van der Waals surface area contributed by atoms with Crippen LogP contribution in [0, 0.1) is 17.1 Å². The Labute approximate surface area is 126 Å². The summed E-state index contributed by atoms with van der Waals surface area (Å²) in [5.74, 6) is -1.17. The highest BCUT2D eigenvalue weighted by Gasteiger charge is 2.10. The van der Waals surface area contributed by atoms with Crippen LogP contribution in [0.5, 0.6) is 5.75 Å². The van der Waals surface area contributed by atoms with Gasteiger partial charge < -0.3 is 15.7 Å². The van der Waals surface area contributed by atoms with Crippen molar-refractivity contribution in [3.63, 3.8) is 0 Å². The lowest BCUT2D eigenvalue weighted by Crippen LogP contribution is -2.14. The summed E-state index contributed by atoms with van der Waals surface area (Å²) in [5, 5.41) is 23.4. The van der Waals surface area contributed by atoms with Crippen molar-refractivity contribution in [3.8, 4) is 11.8 Å². The van der Waals surface area contributed by atoms with Gasteiger partial charge >= 0.3 is 0 Å². The van der Waals surface area contributed by atoms with Crippen molar-refractivity contribution in [3.05, 3.63) is 66.1 Å². The third kappa shape index (κ3) is 3.84. The summed E-state index contributed by atoms with van der Waals surface area (Å²) >= 11 is 0. The zero-order chi connectivity index (χ0) is 15.9. The number of hydrogen-bond acceptors (Lipinski definition) is 4. The van der Waals surface area contributed by atoms with Gasteiger partial charge in [0.1, 0.15) is 23.2 Å². The average molecular weight is 297 g/mol. The van der Waals surface area contributed by atoms with E-state index in [1.807, 2.05) is 0 Å². The van der Waals surface area contributed by atoms with Crippen LogP contribution in [0.15, 0.2) is 60.3 Å². The largest absolute Gasteiger partial charge is 0.508 e. The molecule has 5 nitrogen and oxygen atoms in total. The first-order valence-corrected chi connectivity index (χ1v) is 6.32. The molecule has 0 aromatic heterocycles. The average Bonchev–Trinajstić information content (AvgIpc) is 2.49. The Morgan fingerprint density at radius 3 is 2.68 bits per heavy atom. The van der Waals surface area contributed by atoms with Crippen molar-refractivity contribution in [1.29, 1.82) is 5.26 Å². The van der Waals surface area contributed by atoms with Crippen molar-refractivity contribution >= 4 is 17.3 Å². The quantitative estimate of drug-likeness (QED) is 0.598. The molecule has 2 aromatic carbocycles. The van der Waals surface area contributed by atoms with Gasteiger partial charge in [0.15, 0.2) is 0 Å². The van der Waals surface area contributed by atoms with Crippen LogP contribution in [0.2, 0.25) is 0 Å². The minimum Gasteiger partial charge on any atom is -0.508 e. The third-order valence-electron chi connectivity index (χ3n) is 2.71. The molecule has 0 aliphatic rings. The molecule has 0 fully saturated rings. The second-order valence-electron chi connectivity index (χ2n) is 4.30. The molecule has 0 heterocycles. The number of carbonyl (C=O) groups is 1. The fourth-order valence-corrected chi connectivity index (χ4v) is 1.66. The fraction of sp³-hybridized carbons (Fsp3) is 0. The number of anilines is 2. The summed E-state index contributed by atoms with van der Waals surface area (Å²) in [6, 6.07) is 13.5. The predicted octanol–water partition coefficient (Wildman–Crippen LogP) is 2.99. The normalized spacial score (nSPS) is 10.6. The Balaban J connectivity index is 2.11. The highest BCUT2D eigenvalue weighted by molar-refractivity contribution is 6.06. The van der Waals surface area contributed by atoms with E-state index in [9.17, 15) is 14.3 Å². The number of phenolic OH excluding ortho intramolecular Hbond substituents is 1. The Bertz CT molecular complexity index is 766. The molecule has 22 heavy (non-hydrogen) atoms. The van der Waals surface area contributed by atoms with Gasteiger partial charge in [-0.3, -0.25) is 4.79 Å². The molecule has 110 valence electrons. The summed E-state index contributed by atoms with van der Waals surface area (Å²) < 4.78 is 13.4. The van der Waals surface area contributed by atoms with Crippen LogP contribution in [0.4, 0.5) is 15.8 Å². The molecular weight excluding hydrogens is 285 g/mol. The highest BCUT2D eigenvalue weighted by atomic mass is 19.1. The topological polar surface area (TPSA) is 85.2 Å². The molecule has 0 radical (unpaired) electrons. The van der Waals surface area contributed by atoms with Crippen molar-refractivity contribution in [2.75, 3.05) is 10.6 Å². The maximum atomic E-state index is 13.4. The molecule has 3 N–H and O–H groups in total. The number of nitrogens with zero attached hydrogens (tertiary/aromatic N) is 1. The first kappa shape index (κ1) is 15.1. The fourth-order valence-electron chi connectivity index (χ4n) is 1.66. The van der Waals surface area contributed by atoms with E-state index >= 15 is 0 Å². The smallest absolute Gasteiger partial charge is 0.267 e. The van der Waals surface area contributed by atoms with Crippen LogP contribution in [-0.4, -0.2) is 11.0 Å².